The Balaban J connectivity index is 1.84. The molecule has 4 atom stereocenters. The molecule has 3 heterocycles. The maximum atomic E-state index is 9.50. The van der Waals surface area contributed by atoms with Crippen LogP contribution in [0.4, 0.5) is 5.82 Å². The molecule has 122 valence electrons. The van der Waals surface area contributed by atoms with Crippen molar-refractivity contribution < 1.29 is 19.3 Å². The number of hydrogen-bond donors (Lipinski definition) is 2. The summed E-state index contributed by atoms with van der Waals surface area (Å²) in [4.78, 5) is 8.78. The molecular formula is C15H23N3O4. The number of aromatic nitrogens is 2. The van der Waals surface area contributed by atoms with E-state index in [0.717, 1.165) is 17.1 Å². The molecule has 22 heavy (non-hydrogen) atoms. The molecule has 2 aliphatic rings. The van der Waals surface area contributed by atoms with E-state index in [-0.39, 0.29) is 18.8 Å². The van der Waals surface area contributed by atoms with Crippen molar-refractivity contribution in [3.05, 3.63) is 17.1 Å². The van der Waals surface area contributed by atoms with Crippen LogP contribution in [0, 0.1) is 20.8 Å². The van der Waals surface area contributed by atoms with Crippen molar-refractivity contribution in [1.29, 1.82) is 0 Å². The van der Waals surface area contributed by atoms with Gasteiger partial charge >= 0.3 is 0 Å². The smallest absolute Gasteiger partial charge is 0.164 e. The van der Waals surface area contributed by atoms with Gasteiger partial charge in [-0.2, -0.15) is 0 Å². The summed E-state index contributed by atoms with van der Waals surface area (Å²) in [5.41, 5.74) is 1.89. The molecule has 0 saturated carbocycles. The Morgan fingerprint density at radius 2 is 1.82 bits per heavy atom. The number of nitrogens with one attached hydrogen (secondary N) is 1. The van der Waals surface area contributed by atoms with Crippen LogP contribution in [0.1, 0.15) is 30.9 Å². The van der Waals surface area contributed by atoms with Crippen LogP contribution in [-0.4, -0.2) is 52.0 Å². The maximum Gasteiger partial charge on any atom is 0.164 e. The monoisotopic (exact) mass is 309 g/mol. The summed E-state index contributed by atoms with van der Waals surface area (Å²) in [5, 5.41) is 12.8. The first-order valence-electron chi connectivity index (χ1n) is 7.51. The molecule has 2 N–H and O–H groups in total. The van der Waals surface area contributed by atoms with E-state index in [4.69, 9.17) is 14.2 Å². The minimum absolute atomic E-state index is 0.112. The van der Waals surface area contributed by atoms with E-state index < -0.39 is 18.1 Å². The first-order chi connectivity index (χ1) is 10.3. The van der Waals surface area contributed by atoms with Crippen molar-refractivity contribution in [3.63, 3.8) is 0 Å². The van der Waals surface area contributed by atoms with Crippen molar-refractivity contribution in [2.24, 2.45) is 0 Å². The Morgan fingerprint density at radius 3 is 2.50 bits per heavy atom. The Hall–Kier alpha value is -1.28. The minimum atomic E-state index is -0.682. The van der Waals surface area contributed by atoms with Gasteiger partial charge in [0.25, 0.3) is 0 Å². The summed E-state index contributed by atoms with van der Waals surface area (Å²) >= 11 is 0. The summed E-state index contributed by atoms with van der Waals surface area (Å²) in [6.07, 6.45) is -1.41. The van der Waals surface area contributed by atoms with Gasteiger partial charge in [-0.15, -0.1) is 0 Å². The third kappa shape index (κ3) is 2.69. The van der Waals surface area contributed by atoms with Gasteiger partial charge in [0.05, 0.1) is 6.61 Å². The van der Waals surface area contributed by atoms with Gasteiger partial charge in [0, 0.05) is 11.3 Å². The zero-order chi connectivity index (χ0) is 16.1. The highest BCUT2D eigenvalue weighted by molar-refractivity contribution is 5.46. The van der Waals surface area contributed by atoms with Crippen LogP contribution in [0.3, 0.4) is 0 Å². The molecule has 0 amide bonds. The molecule has 2 saturated heterocycles. The van der Waals surface area contributed by atoms with E-state index in [2.05, 4.69) is 15.3 Å². The predicted octanol–water partition coefficient (Wildman–Crippen LogP) is 1.05. The number of nitrogens with zero attached hydrogens (tertiary/aromatic N) is 2. The molecule has 7 heteroatoms. The third-order valence-electron chi connectivity index (χ3n) is 4.11. The van der Waals surface area contributed by atoms with Crippen molar-refractivity contribution in [2.75, 3.05) is 11.9 Å². The molecule has 1 aromatic heterocycles. The molecule has 0 aliphatic carbocycles. The zero-order valence-electron chi connectivity index (χ0n) is 13.6. The molecular weight excluding hydrogens is 286 g/mol. The standard InChI is InChI=1S/C15H23N3O4/c1-7-8(2)16-9(3)17-13(7)18-14-12-11(10(6-19)20-14)21-15(4,5)22-12/h10-12,14,19H,6H2,1-5H3,(H,16,17,18)/t10-,11-,12-,14-/m1/s1. The lowest BCUT2D eigenvalue weighted by molar-refractivity contribution is -0.187. The quantitative estimate of drug-likeness (QED) is 0.863. The van der Waals surface area contributed by atoms with E-state index in [1.165, 1.54) is 0 Å². The van der Waals surface area contributed by atoms with Gasteiger partial charge in [0.1, 0.15) is 30.0 Å². The van der Waals surface area contributed by atoms with E-state index in [1.54, 1.807) is 0 Å². The Bertz CT molecular complexity index is 578. The van der Waals surface area contributed by atoms with Crippen LogP contribution in [-0.2, 0) is 14.2 Å². The molecule has 2 aliphatic heterocycles. The summed E-state index contributed by atoms with van der Waals surface area (Å²) in [5.74, 6) is 0.738. The SMILES string of the molecule is Cc1nc(C)c(C)c(N[C@@H]2O[C@H](CO)[C@H]3OC(C)(C)O[C@H]32)n1. The highest BCUT2D eigenvalue weighted by atomic mass is 16.8. The molecule has 0 bridgehead atoms. The molecule has 0 aromatic carbocycles. The van der Waals surface area contributed by atoms with Gasteiger partial charge in [-0.1, -0.05) is 0 Å². The van der Waals surface area contributed by atoms with E-state index in [9.17, 15) is 5.11 Å². The Kier molecular flexibility index (Phi) is 3.84. The fraction of sp³-hybridized carbons (Fsp3) is 0.733. The van der Waals surface area contributed by atoms with Crippen molar-refractivity contribution >= 4 is 5.82 Å². The average Bonchev–Trinajstić information content (AvgIpc) is 2.89. The average molecular weight is 309 g/mol. The Morgan fingerprint density at radius 1 is 1.14 bits per heavy atom. The summed E-state index contributed by atoms with van der Waals surface area (Å²) in [6, 6.07) is 0. The minimum Gasteiger partial charge on any atom is -0.394 e. The van der Waals surface area contributed by atoms with E-state index >= 15 is 0 Å². The van der Waals surface area contributed by atoms with Crippen LogP contribution < -0.4 is 5.32 Å². The van der Waals surface area contributed by atoms with Gasteiger partial charge in [0.15, 0.2) is 12.0 Å². The van der Waals surface area contributed by atoms with Crippen LogP contribution in [0.5, 0.6) is 0 Å². The third-order valence-corrected chi connectivity index (χ3v) is 4.11. The predicted molar refractivity (Wildman–Crippen MR) is 79.4 cm³/mol. The number of hydrogen-bond acceptors (Lipinski definition) is 7. The van der Waals surface area contributed by atoms with Crippen molar-refractivity contribution in [2.45, 2.75) is 64.9 Å². The second-order valence-corrected chi connectivity index (χ2v) is 6.32. The largest absolute Gasteiger partial charge is 0.394 e. The molecule has 7 nitrogen and oxygen atoms in total. The van der Waals surface area contributed by atoms with Crippen molar-refractivity contribution in [3.8, 4) is 0 Å². The van der Waals surface area contributed by atoms with E-state index in [1.807, 2.05) is 34.6 Å². The number of ether oxygens (including phenoxy) is 3. The van der Waals surface area contributed by atoms with Gasteiger partial charge in [-0.25, -0.2) is 9.97 Å². The molecule has 0 unspecified atom stereocenters. The van der Waals surface area contributed by atoms with Crippen LogP contribution in [0.25, 0.3) is 0 Å². The number of aryl methyl sites for hydroxylation is 2. The second kappa shape index (κ2) is 5.42. The molecule has 1 aromatic rings. The van der Waals surface area contributed by atoms with Crippen LogP contribution >= 0.6 is 0 Å². The fourth-order valence-electron chi connectivity index (χ4n) is 2.99. The highest BCUT2D eigenvalue weighted by Crippen LogP contribution is 2.38. The van der Waals surface area contributed by atoms with Gasteiger partial charge < -0.3 is 24.6 Å². The lowest BCUT2D eigenvalue weighted by Crippen LogP contribution is -2.35. The topological polar surface area (TPSA) is 85.7 Å². The number of anilines is 1. The van der Waals surface area contributed by atoms with E-state index in [0.29, 0.717) is 5.82 Å². The van der Waals surface area contributed by atoms with Gasteiger partial charge in [0.2, 0.25) is 0 Å². The van der Waals surface area contributed by atoms with Crippen LogP contribution in [0.2, 0.25) is 0 Å². The molecule has 0 radical (unpaired) electrons. The van der Waals surface area contributed by atoms with Crippen LogP contribution in [0.15, 0.2) is 0 Å². The van der Waals surface area contributed by atoms with Gasteiger partial charge in [-0.05, 0) is 34.6 Å². The van der Waals surface area contributed by atoms with Gasteiger partial charge in [-0.3, -0.25) is 0 Å². The second-order valence-electron chi connectivity index (χ2n) is 6.32. The lowest BCUT2D eigenvalue weighted by Gasteiger charge is -2.24. The Labute approximate surface area is 130 Å². The molecule has 3 rings (SSSR count). The fourth-order valence-corrected chi connectivity index (χ4v) is 2.99. The number of aliphatic hydroxyl groups excluding tert-OH is 1. The first-order valence-corrected chi connectivity index (χ1v) is 7.51. The summed E-state index contributed by atoms with van der Waals surface area (Å²) in [6.45, 7) is 9.37. The maximum absolute atomic E-state index is 9.50. The first kappa shape index (κ1) is 15.6. The zero-order valence-corrected chi connectivity index (χ0v) is 13.6. The highest BCUT2D eigenvalue weighted by Gasteiger charge is 2.55. The number of rotatable bonds is 3. The van der Waals surface area contributed by atoms with Crippen molar-refractivity contribution in [1.82, 2.24) is 9.97 Å². The summed E-state index contributed by atoms with van der Waals surface area (Å²) < 4.78 is 17.6. The molecule has 0 spiro atoms. The number of fused-ring (bicyclic) bond motifs is 1. The summed E-state index contributed by atoms with van der Waals surface area (Å²) in [7, 11) is 0. The molecule has 2 fully saturated rings. The normalized spacial score (nSPS) is 33.0. The number of aliphatic hydroxyl groups is 1. The lowest BCUT2D eigenvalue weighted by atomic mass is 10.1.